The third-order valence-electron chi connectivity index (χ3n) is 2.37. The Bertz CT molecular complexity index is 120. The van der Waals surface area contributed by atoms with Crippen LogP contribution in [0.25, 0.3) is 0 Å². The highest BCUT2D eigenvalue weighted by atomic mass is 16.5. The molecule has 1 fully saturated rings. The van der Waals surface area contributed by atoms with E-state index in [0.29, 0.717) is 6.10 Å². The average molecular weight is 220 g/mol. The van der Waals surface area contributed by atoms with Crippen molar-refractivity contribution in [3.8, 4) is 0 Å². The number of methoxy groups -OCH3 is 2. The number of ether oxygens (including phenoxy) is 3. The van der Waals surface area contributed by atoms with E-state index in [-0.39, 0.29) is 12.7 Å². The van der Waals surface area contributed by atoms with Crippen molar-refractivity contribution in [3.05, 3.63) is 0 Å². The first kappa shape index (κ1) is 14.8. The smallest absolute Gasteiger partial charge is 0.0826 e. The maximum atomic E-state index is 8.53. The van der Waals surface area contributed by atoms with Crippen LogP contribution in [0.5, 0.6) is 0 Å². The monoisotopic (exact) mass is 220 g/mol. The van der Waals surface area contributed by atoms with Gasteiger partial charge in [-0.05, 0) is 12.8 Å². The summed E-state index contributed by atoms with van der Waals surface area (Å²) in [4.78, 5) is 0. The molecule has 0 aromatic heterocycles. The van der Waals surface area contributed by atoms with Crippen LogP contribution in [-0.4, -0.2) is 51.4 Å². The molecule has 1 aliphatic rings. The van der Waals surface area contributed by atoms with E-state index in [1.807, 2.05) is 0 Å². The van der Waals surface area contributed by atoms with Crippen LogP contribution in [0.3, 0.4) is 0 Å². The summed E-state index contributed by atoms with van der Waals surface area (Å²) in [6.07, 6.45) is 3.52. The summed E-state index contributed by atoms with van der Waals surface area (Å²) >= 11 is 0. The minimum Gasteiger partial charge on any atom is -0.394 e. The molecule has 1 saturated heterocycles. The van der Waals surface area contributed by atoms with Gasteiger partial charge in [0.15, 0.2) is 0 Å². The molecule has 0 aliphatic carbocycles. The quantitative estimate of drug-likeness (QED) is 0.756. The SMILES string of the molecule is CCCC(CO)OC.COC1CCOC1. The standard InChI is InChI=1S/C6H14O2.C5H10O2/c1-3-4-6(5-7)8-2;1-6-5-2-3-7-4-5/h6-7H,3-5H2,1-2H3;5H,2-4H2,1H3. The van der Waals surface area contributed by atoms with E-state index in [4.69, 9.17) is 19.3 Å². The molecular weight excluding hydrogens is 196 g/mol. The number of hydrogen-bond donors (Lipinski definition) is 1. The lowest BCUT2D eigenvalue weighted by Gasteiger charge is -2.08. The summed E-state index contributed by atoms with van der Waals surface area (Å²) in [5.74, 6) is 0. The molecule has 2 unspecified atom stereocenters. The first-order valence-electron chi connectivity index (χ1n) is 5.52. The van der Waals surface area contributed by atoms with Gasteiger partial charge in [-0.3, -0.25) is 0 Å². The summed E-state index contributed by atoms with van der Waals surface area (Å²) in [6, 6.07) is 0. The van der Waals surface area contributed by atoms with Gasteiger partial charge < -0.3 is 19.3 Å². The third kappa shape index (κ3) is 7.73. The van der Waals surface area contributed by atoms with Crippen molar-refractivity contribution in [1.82, 2.24) is 0 Å². The fourth-order valence-electron chi connectivity index (χ4n) is 1.30. The van der Waals surface area contributed by atoms with E-state index in [0.717, 1.165) is 32.5 Å². The van der Waals surface area contributed by atoms with E-state index >= 15 is 0 Å². The Morgan fingerprint density at radius 2 is 2.20 bits per heavy atom. The first-order chi connectivity index (χ1) is 7.28. The van der Waals surface area contributed by atoms with Crippen LogP contribution in [0.1, 0.15) is 26.2 Å². The Balaban J connectivity index is 0.000000262. The Hall–Kier alpha value is -0.160. The second kappa shape index (κ2) is 10.4. The summed E-state index contributed by atoms with van der Waals surface area (Å²) in [6.45, 7) is 3.88. The number of hydrogen-bond acceptors (Lipinski definition) is 4. The Labute approximate surface area is 92.5 Å². The van der Waals surface area contributed by atoms with E-state index in [9.17, 15) is 0 Å². The van der Waals surface area contributed by atoms with Gasteiger partial charge in [-0.1, -0.05) is 13.3 Å². The predicted octanol–water partition coefficient (Wildman–Crippen LogP) is 1.22. The van der Waals surface area contributed by atoms with E-state index in [2.05, 4.69) is 6.92 Å². The minimum atomic E-state index is 0.0556. The van der Waals surface area contributed by atoms with Crippen LogP contribution >= 0.6 is 0 Å². The molecule has 1 heterocycles. The van der Waals surface area contributed by atoms with Crippen molar-refractivity contribution in [2.45, 2.75) is 38.4 Å². The average Bonchev–Trinajstić information content (AvgIpc) is 2.79. The zero-order chi connectivity index (χ0) is 11.5. The fourth-order valence-corrected chi connectivity index (χ4v) is 1.30. The Kier molecular flexibility index (Phi) is 10.3. The molecule has 0 bridgehead atoms. The van der Waals surface area contributed by atoms with Crippen LogP contribution in [0.2, 0.25) is 0 Å². The number of rotatable bonds is 5. The second-order valence-corrected chi connectivity index (χ2v) is 3.55. The van der Waals surface area contributed by atoms with Gasteiger partial charge in [0.25, 0.3) is 0 Å². The molecule has 1 rings (SSSR count). The molecule has 1 aliphatic heterocycles. The van der Waals surface area contributed by atoms with Crippen molar-refractivity contribution in [2.75, 3.05) is 34.0 Å². The Morgan fingerprint density at radius 1 is 1.47 bits per heavy atom. The lowest BCUT2D eigenvalue weighted by atomic mass is 10.2. The summed E-state index contributed by atoms with van der Waals surface area (Å²) < 4.78 is 14.9. The molecule has 4 nitrogen and oxygen atoms in total. The maximum absolute atomic E-state index is 8.53. The molecule has 15 heavy (non-hydrogen) atoms. The highest BCUT2D eigenvalue weighted by molar-refractivity contribution is 4.60. The zero-order valence-corrected chi connectivity index (χ0v) is 10.1. The zero-order valence-electron chi connectivity index (χ0n) is 10.1. The molecule has 92 valence electrons. The van der Waals surface area contributed by atoms with Crippen molar-refractivity contribution in [2.24, 2.45) is 0 Å². The van der Waals surface area contributed by atoms with Crippen LogP contribution in [0, 0.1) is 0 Å². The second-order valence-electron chi connectivity index (χ2n) is 3.55. The van der Waals surface area contributed by atoms with Crippen molar-refractivity contribution in [3.63, 3.8) is 0 Å². The van der Waals surface area contributed by atoms with Gasteiger partial charge in [0, 0.05) is 20.8 Å². The lowest BCUT2D eigenvalue weighted by molar-refractivity contribution is 0.0428. The summed E-state index contributed by atoms with van der Waals surface area (Å²) in [7, 11) is 3.34. The van der Waals surface area contributed by atoms with Crippen molar-refractivity contribution >= 4 is 0 Å². The normalized spacial score (nSPS) is 22.0. The van der Waals surface area contributed by atoms with Crippen molar-refractivity contribution < 1.29 is 19.3 Å². The van der Waals surface area contributed by atoms with Crippen LogP contribution in [-0.2, 0) is 14.2 Å². The van der Waals surface area contributed by atoms with Crippen LogP contribution in [0.4, 0.5) is 0 Å². The van der Waals surface area contributed by atoms with Crippen LogP contribution < -0.4 is 0 Å². The van der Waals surface area contributed by atoms with Crippen molar-refractivity contribution in [1.29, 1.82) is 0 Å². The molecular formula is C11H24O4. The van der Waals surface area contributed by atoms with Gasteiger partial charge in [-0.15, -0.1) is 0 Å². The van der Waals surface area contributed by atoms with Gasteiger partial charge in [-0.2, -0.15) is 0 Å². The summed E-state index contributed by atoms with van der Waals surface area (Å²) in [5, 5.41) is 8.53. The Morgan fingerprint density at radius 3 is 2.40 bits per heavy atom. The molecule has 0 aromatic rings. The topological polar surface area (TPSA) is 47.9 Å². The van der Waals surface area contributed by atoms with E-state index < -0.39 is 0 Å². The first-order valence-corrected chi connectivity index (χ1v) is 5.52. The van der Waals surface area contributed by atoms with Gasteiger partial charge >= 0.3 is 0 Å². The van der Waals surface area contributed by atoms with Gasteiger partial charge in [0.1, 0.15) is 0 Å². The number of aliphatic hydroxyl groups is 1. The predicted molar refractivity (Wildman–Crippen MR) is 59.0 cm³/mol. The highest BCUT2D eigenvalue weighted by Crippen LogP contribution is 2.05. The summed E-state index contributed by atoms with van der Waals surface area (Å²) in [5.41, 5.74) is 0. The molecule has 4 heteroatoms. The molecule has 0 aromatic carbocycles. The highest BCUT2D eigenvalue weighted by Gasteiger charge is 2.12. The molecule has 1 N–H and O–H groups in total. The van der Waals surface area contributed by atoms with Gasteiger partial charge in [0.2, 0.25) is 0 Å². The van der Waals surface area contributed by atoms with E-state index in [1.165, 1.54) is 0 Å². The largest absolute Gasteiger partial charge is 0.394 e. The molecule has 2 atom stereocenters. The van der Waals surface area contributed by atoms with Gasteiger partial charge in [-0.25, -0.2) is 0 Å². The van der Waals surface area contributed by atoms with Gasteiger partial charge in [0.05, 0.1) is 25.4 Å². The third-order valence-corrected chi connectivity index (χ3v) is 2.37. The van der Waals surface area contributed by atoms with Crippen LogP contribution in [0.15, 0.2) is 0 Å². The number of aliphatic hydroxyl groups excluding tert-OH is 1. The molecule has 0 amide bonds. The molecule has 0 spiro atoms. The molecule has 0 radical (unpaired) electrons. The molecule has 0 saturated carbocycles. The fraction of sp³-hybridized carbons (Fsp3) is 1.00. The lowest BCUT2D eigenvalue weighted by Crippen LogP contribution is -2.14. The minimum absolute atomic E-state index is 0.0556. The maximum Gasteiger partial charge on any atom is 0.0826 e. The van der Waals surface area contributed by atoms with E-state index in [1.54, 1.807) is 14.2 Å².